The minimum absolute atomic E-state index is 0.0228. The Labute approximate surface area is 374 Å². The van der Waals surface area contributed by atoms with Crippen molar-refractivity contribution in [2.24, 2.45) is 41.4 Å². The topological polar surface area (TPSA) is 183 Å². The Morgan fingerprint density at radius 2 is 1.67 bits per heavy atom. The van der Waals surface area contributed by atoms with Gasteiger partial charge in [0.2, 0.25) is 0 Å². The van der Waals surface area contributed by atoms with Gasteiger partial charge in [0.25, 0.3) is 0 Å². The number of aliphatic hydroxyl groups excluding tert-OH is 3. The number of ether oxygens (including phenoxy) is 2. The molecule has 3 aromatic carbocycles. The molecular formula is C53H59NO10. The molecule has 7 aliphatic rings. The maximum Gasteiger partial charge on any atom is 0.334 e. The zero-order valence-corrected chi connectivity index (χ0v) is 36.4. The minimum Gasteiger partial charge on any atom is -0.508 e. The standard InChI is InChI=1S/C53H59NO10/c1-28(56)26-54-38-15-31(27-55)14-35(19-38)32-9-10-33-24-49(60)63-47-25-45(58)36(21-42(33)47)23-48-53(62)44-8-3-2-7-40(44)41-12-11-34-22-46(59)43(50(41)51(34)53)17-30-6-4-5-29(13-30)16-39(57)20-37(18-32)52(61)64-48/h4-6,13-15,19-21,25,28,32-34,39-41,43-44,48,50-51,54-58,62H,2-3,7-8,11-12,16-18,22-24,26-27H2,1H3/b37-20-/t28-,32-,33+,34-,39+,40+,41-,43-,44+,48+,50+,51-,53+/m0/s1. The highest BCUT2D eigenvalue weighted by Gasteiger charge is 2.68. The van der Waals surface area contributed by atoms with Gasteiger partial charge in [0.1, 0.15) is 29.0 Å². The van der Waals surface area contributed by atoms with E-state index in [9.17, 15) is 35.1 Å². The Hall–Kier alpha value is -4.99. The molecule has 0 spiro atoms. The number of carbonyl (C=O) groups is 3. The molecule has 0 aromatic heterocycles. The Morgan fingerprint density at radius 3 is 2.48 bits per heavy atom. The molecule has 10 rings (SSSR count). The number of phenols is 1. The first-order valence-electron chi connectivity index (χ1n) is 23.5. The number of nitrogens with one attached hydrogen (secondary N) is 1. The van der Waals surface area contributed by atoms with Gasteiger partial charge in [-0.2, -0.15) is 0 Å². The van der Waals surface area contributed by atoms with Crippen LogP contribution in [0, 0.1) is 53.3 Å². The number of anilines is 1. The van der Waals surface area contributed by atoms with Gasteiger partial charge in [0.15, 0.2) is 0 Å². The summed E-state index contributed by atoms with van der Waals surface area (Å²) in [6.07, 6.45) is 4.97. The van der Waals surface area contributed by atoms with Crippen LogP contribution in [0.5, 0.6) is 11.5 Å². The summed E-state index contributed by atoms with van der Waals surface area (Å²) in [5.41, 5.74) is 3.35. The molecule has 0 radical (unpaired) electrons. The average molecular weight is 870 g/mol. The molecular weight excluding hydrogens is 811 g/mol. The minimum atomic E-state index is -1.57. The van der Waals surface area contributed by atoms with E-state index < -0.39 is 47.7 Å². The highest BCUT2D eigenvalue weighted by Crippen LogP contribution is 2.66. The summed E-state index contributed by atoms with van der Waals surface area (Å²) in [6.45, 7) is 1.63. The number of aromatic hydroxyl groups is 1. The molecule has 4 saturated carbocycles. The second kappa shape index (κ2) is 17.1. The second-order valence-electron chi connectivity index (χ2n) is 20.1. The molecule has 6 N–H and O–H groups in total. The third-order valence-electron chi connectivity index (χ3n) is 16.1. The smallest absolute Gasteiger partial charge is 0.334 e. The Balaban J connectivity index is 1.19. The lowest BCUT2D eigenvalue weighted by molar-refractivity contribution is -0.265. The normalized spacial score (nSPS) is 35.5. The number of phenolic OH excluding ortho intramolecular Hbond substituents is 1. The van der Waals surface area contributed by atoms with Crippen molar-refractivity contribution in [3.05, 3.63) is 99.6 Å². The molecule has 336 valence electrons. The van der Waals surface area contributed by atoms with E-state index in [4.69, 9.17) is 9.47 Å². The predicted octanol–water partition coefficient (Wildman–Crippen LogP) is 6.20. The second-order valence-corrected chi connectivity index (χ2v) is 20.1. The Morgan fingerprint density at radius 1 is 0.875 bits per heavy atom. The first-order valence-corrected chi connectivity index (χ1v) is 23.5. The van der Waals surface area contributed by atoms with E-state index in [1.807, 2.05) is 30.3 Å². The van der Waals surface area contributed by atoms with E-state index in [2.05, 4.69) is 23.2 Å². The van der Waals surface area contributed by atoms with Crippen LogP contribution >= 0.6 is 0 Å². The fraction of sp³-hybridized carbons (Fsp3) is 0.528. The molecule has 13 atom stereocenters. The van der Waals surface area contributed by atoms with Crippen molar-refractivity contribution in [3.63, 3.8) is 0 Å². The molecule has 3 heterocycles. The summed E-state index contributed by atoms with van der Waals surface area (Å²) in [5, 5.41) is 61.6. The van der Waals surface area contributed by atoms with Crippen LogP contribution in [0.1, 0.15) is 110 Å². The van der Waals surface area contributed by atoms with Crippen molar-refractivity contribution in [2.75, 3.05) is 11.9 Å². The van der Waals surface area contributed by atoms with Crippen molar-refractivity contribution < 1.29 is 49.4 Å². The molecule has 3 aliphatic heterocycles. The quantitative estimate of drug-likeness (QED) is 0.0976. The third-order valence-corrected chi connectivity index (χ3v) is 16.1. The van der Waals surface area contributed by atoms with Crippen LogP contribution in [0.2, 0.25) is 0 Å². The van der Waals surface area contributed by atoms with Crippen molar-refractivity contribution in [2.45, 2.75) is 126 Å². The van der Waals surface area contributed by atoms with Gasteiger partial charge in [-0.25, -0.2) is 4.79 Å². The number of fused-ring (bicyclic) bond motifs is 10. The van der Waals surface area contributed by atoms with Crippen LogP contribution in [-0.4, -0.2) is 73.7 Å². The molecule has 11 nitrogen and oxygen atoms in total. The Kier molecular flexibility index (Phi) is 11.5. The monoisotopic (exact) mass is 869 g/mol. The molecule has 0 unspecified atom stereocenters. The summed E-state index contributed by atoms with van der Waals surface area (Å²) >= 11 is 0. The molecule has 4 fully saturated rings. The number of rotatable bonds is 5. The van der Waals surface area contributed by atoms with Gasteiger partial charge in [-0.15, -0.1) is 0 Å². The Bertz CT molecular complexity index is 2450. The van der Waals surface area contributed by atoms with E-state index in [-0.39, 0.29) is 103 Å². The lowest BCUT2D eigenvalue weighted by atomic mass is 9.40. The zero-order chi connectivity index (χ0) is 44.4. The summed E-state index contributed by atoms with van der Waals surface area (Å²) in [6, 6.07) is 16.7. The number of Topliss-reactive ketones (excluding diaryl/α,β-unsaturated/α-hetero) is 1. The number of hydrogen-bond donors (Lipinski definition) is 6. The SMILES string of the molecule is C[C@H](O)CNc1cc(CO)cc([C@H]2C#C[C@@H]3CC(=O)Oc4cc(O)c(cc43)C[C@H]3OC(=O)/C(=C\[C@H](O)Cc4cccc(c4)C[C@H]4C(=O)C[C@@H]5CC[C@H]6[C@H]7CCCC[C@H]7[C@]3(O)[C@@H]5[C@H]64)C2)c1. The lowest BCUT2D eigenvalue weighted by Gasteiger charge is -2.66. The van der Waals surface area contributed by atoms with Gasteiger partial charge in [0.05, 0.1) is 31.2 Å². The predicted molar refractivity (Wildman–Crippen MR) is 237 cm³/mol. The highest BCUT2D eigenvalue weighted by molar-refractivity contribution is 5.89. The number of carbonyl (C=O) groups excluding carboxylic acids is 3. The van der Waals surface area contributed by atoms with Gasteiger partial charge in [0, 0.05) is 60.5 Å². The van der Waals surface area contributed by atoms with Crippen molar-refractivity contribution in [1.82, 2.24) is 0 Å². The van der Waals surface area contributed by atoms with Crippen LogP contribution in [0.4, 0.5) is 5.69 Å². The van der Waals surface area contributed by atoms with Gasteiger partial charge < -0.3 is 40.3 Å². The fourth-order valence-electron chi connectivity index (χ4n) is 13.5. The van der Waals surface area contributed by atoms with Gasteiger partial charge in [-0.05, 0) is 133 Å². The maximum atomic E-state index is 15.4. The van der Waals surface area contributed by atoms with Gasteiger partial charge in [-0.3, -0.25) is 9.59 Å². The first-order chi connectivity index (χ1) is 30.9. The largest absolute Gasteiger partial charge is 0.508 e. The number of aliphatic hydroxyl groups is 4. The van der Waals surface area contributed by atoms with E-state index in [1.165, 1.54) is 12.1 Å². The third kappa shape index (κ3) is 7.84. The van der Waals surface area contributed by atoms with E-state index in [0.717, 1.165) is 49.7 Å². The maximum absolute atomic E-state index is 15.4. The van der Waals surface area contributed by atoms with Gasteiger partial charge >= 0.3 is 11.9 Å². The van der Waals surface area contributed by atoms with Crippen LogP contribution in [0.3, 0.4) is 0 Å². The van der Waals surface area contributed by atoms with Crippen LogP contribution < -0.4 is 10.1 Å². The summed E-state index contributed by atoms with van der Waals surface area (Å²) in [4.78, 5) is 42.9. The first kappa shape index (κ1) is 42.9. The fourth-order valence-corrected chi connectivity index (χ4v) is 13.5. The van der Waals surface area contributed by atoms with Gasteiger partial charge in [-0.1, -0.05) is 55.0 Å². The van der Waals surface area contributed by atoms with Crippen LogP contribution in [0.25, 0.3) is 0 Å². The number of benzene rings is 3. The summed E-state index contributed by atoms with van der Waals surface area (Å²) in [5.74, 6) is 3.68. The van der Waals surface area contributed by atoms with Crippen LogP contribution in [0.15, 0.2) is 66.2 Å². The lowest BCUT2D eigenvalue weighted by Crippen LogP contribution is -2.71. The van der Waals surface area contributed by atoms with Crippen molar-refractivity contribution in [3.8, 4) is 23.3 Å². The molecule has 64 heavy (non-hydrogen) atoms. The van der Waals surface area contributed by atoms with Crippen molar-refractivity contribution in [1.29, 1.82) is 0 Å². The summed E-state index contributed by atoms with van der Waals surface area (Å²) in [7, 11) is 0. The molecule has 11 heteroatoms. The molecule has 0 saturated heterocycles. The number of ketones is 1. The van der Waals surface area contributed by atoms with E-state index >= 15 is 4.79 Å². The van der Waals surface area contributed by atoms with E-state index in [1.54, 1.807) is 19.1 Å². The van der Waals surface area contributed by atoms with Crippen molar-refractivity contribution >= 4 is 23.4 Å². The number of esters is 2. The molecule has 4 aliphatic carbocycles. The summed E-state index contributed by atoms with van der Waals surface area (Å²) < 4.78 is 12.6. The molecule has 0 amide bonds. The molecule has 3 aromatic rings. The highest BCUT2D eigenvalue weighted by atomic mass is 16.6. The number of hydrogen-bond acceptors (Lipinski definition) is 11. The average Bonchev–Trinajstić information content (AvgIpc) is 3.27. The zero-order valence-electron chi connectivity index (χ0n) is 36.4. The molecule has 12 bridgehead atoms. The van der Waals surface area contributed by atoms with Crippen LogP contribution in [-0.2, 0) is 45.0 Å². The van der Waals surface area contributed by atoms with E-state index in [0.29, 0.717) is 40.8 Å².